The SMILES string of the molecule is CC(C)(C)c1ccc(C(=O)NCCC(=O)NCc2cc(Cl)c3c(c2)OCCO3)cc1. The van der Waals surface area contributed by atoms with Gasteiger partial charge in [-0.05, 0) is 40.8 Å². The summed E-state index contributed by atoms with van der Waals surface area (Å²) >= 11 is 6.21. The van der Waals surface area contributed by atoms with E-state index in [1.165, 1.54) is 0 Å². The molecule has 160 valence electrons. The Balaban J connectivity index is 1.44. The number of hydrogen-bond donors (Lipinski definition) is 2. The minimum atomic E-state index is -0.193. The first-order valence-electron chi connectivity index (χ1n) is 9.97. The fourth-order valence-electron chi connectivity index (χ4n) is 3.07. The third-order valence-corrected chi connectivity index (χ3v) is 5.08. The molecule has 0 saturated heterocycles. The molecule has 1 heterocycles. The topological polar surface area (TPSA) is 76.7 Å². The summed E-state index contributed by atoms with van der Waals surface area (Å²) < 4.78 is 11.0. The van der Waals surface area contributed by atoms with E-state index < -0.39 is 0 Å². The molecule has 0 radical (unpaired) electrons. The number of halogens is 1. The summed E-state index contributed by atoms with van der Waals surface area (Å²) in [6.07, 6.45) is 0.185. The fraction of sp³-hybridized carbons (Fsp3) is 0.391. The molecule has 6 nitrogen and oxygen atoms in total. The Labute approximate surface area is 181 Å². The summed E-state index contributed by atoms with van der Waals surface area (Å²) in [5.41, 5.74) is 2.60. The molecule has 0 saturated carbocycles. The first kappa shape index (κ1) is 22.0. The Hall–Kier alpha value is -2.73. The van der Waals surface area contributed by atoms with Crippen LogP contribution in [0.3, 0.4) is 0 Å². The van der Waals surface area contributed by atoms with Crippen molar-refractivity contribution in [3.8, 4) is 11.5 Å². The highest BCUT2D eigenvalue weighted by Gasteiger charge is 2.17. The predicted molar refractivity (Wildman–Crippen MR) is 116 cm³/mol. The Morgan fingerprint density at radius 2 is 1.73 bits per heavy atom. The van der Waals surface area contributed by atoms with E-state index in [-0.39, 0.29) is 30.2 Å². The van der Waals surface area contributed by atoms with Gasteiger partial charge in [-0.25, -0.2) is 0 Å². The summed E-state index contributed by atoms with van der Waals surface area (Å²) in [6.45, 7) is 7.89. The highest BCUT2D eigenvalue weighted by atomic mass is 35.5. The molecule has 7 heteroatoms. The molecule has 0 atom stereocenters. The smallest absolute Gasteiger partial charge is 0.251 e. The molecule has 2 aromatic rings. The number of carbonyl (C=O) groups is 2. The van der Waals surface area contributed by atoms with Crippen molar-refractivity contribution in [3.05, 3.63) is 58.1 Å². The summed E-state index contributed by atoms with van der Waals surface area (Å²) in [5, 5.41) is 6.06. The van der Waals surface area contributed by atoms with Gasteiger partial charge >= 0.3 is 0 Å². The molecule has 30 heavy (non-hydrogen) atoms. The van der Waals surface area contributed by atoms with Gasteiger partial charge in [0.25, 0.3) is 5.91 Å². The monoisotopic (exact) mass is 430 g/mol. The molecule has 1 aliphatic heterocycles. The van der Waals surface area contributed by atoms with Crippen molar-refractivity contribution < 1.29 is 19.1 Å². The number of amides is 2. The van der Waals surface area contributed by atoms with Crippen LogP contribution >= 0.6 is 11.6 Å². The van der Waals surface area contributed by atoms with E-state index in [9.17, 15) is 9.59 Å². The molecule has 2 aromatic carbocycles. The highest BCUT2D eigenvalue weighted by molar-refractivity contribution is 6.32. The zero-order valence-electron chi connectivity index (χ0n) is 17.5. The Kier molecular flexibility index (Phi) is 6.87. The van der Waals surface area contributed by atoms with E-state index in [0.717, 1.165) is 11.1 Å². The van der Waals surface area contributed by atoms with Gasteiger partial charge < -0.3 is 20.1 Å². The third kappa shape index (κ3) is 5.66. The van der Waals surface area contributed by atoms with Crippen molar-refractivity contribution in [2.45, 2.75) is 39.2 Å². The van der Waals surface area contributed by atoms with Crippen LogP contribution < -0.4 is 20.1 Å². The van der Waals surface area contributed by atoms with Crippen molar-refractivity contribution in [2.75, 3.05) is 19.8 Å². The Morgan fingerprint density at radius 3 is 2.43 bits per heavy atom. The van der Waals surface area contributed by atoms with Crippen LogP contribution in [-0.4, -0.2) is 31.6 Å². The zero-order chi connectivity index (χ0) is 21.7. The molecule has 0 spiro atoms. The quantitative estimate of drug-likeness (QED) is 0.729. The lowest BCUT2D eigenvalue weighted by molar-refractivity contribution is -0.121. The van der Waals surface area contributed by atoms with Crippen molar-refractivity contribution in [2.24, 2.45) is 0 Å². The van der Waals surface area contributed by atoms with Crippen LogP contribution in [0.5, 0.6) is 11.5 Å². The van der Waals surface area contributed by atoms with Crippen molar-refractivity contribution in [3.63, 3.8) is 0 Å². The summed E-state index contributed by atoms with van der Waals surface area (Å²) in [6, 6.07) is 11.1. The summed E-state index contributed by atoms with van der Waals surface area (Å²) in [4.78, 5) is 24.4. The maximum Gasteiger partial charge on any atom is 0.251 e. The van der Waals surface area contributed by atoms with Crippen LogP contribution in [0.4, 0.5) is 0 Å². The van der Waals surface area contributed by atoms with E-state index in [4.69, 9.17) is 21.1 Å². The minimum absolute atomic E-state index is 0.0362. The molecule has 3 rings (SSSR count). The van der Waals surface area contributed by atoms with Crippen LogP contribution in [0.15, 0.2) is 36.4 Å². The fourth-order valence-corrected chi connectivity index (χ4v) is 3.36. The molecule has 0 unspecified atom stereocenters. The molecule has 1 aliphatic rings. The molecule has 0 aliphatic carbocycles. The van der Waals surface area contributed by atoms with Gasteiger partial charge in [0.05, 0.1) is 5.02 Å². The average Bonchev–Trinajstić information content (AvgIpc) is 2.72. The maximum atomic E-state index is 12.3. The summed E-state index contributed by atoms with van der Waals surface area (Å²) in [7, 11) is 0. The molecule has 0 bridgehead atoms. The van der Waals surface area contributed by atoms with Gasteiger partial charge in [-0.15, -0.1) is 0 Å². The van der Waals surface area contributed by atoms with Gasteiger partial charge in [0, 0.05) is 25.1 Å². The van der Waals surface area contributed by atoms with Gasteiger partial charge in [-0.2, -0.15) is 0 Å². The number of nitrogens with one attached hydrogen (secondary N) is 2. The van der Waals surface area contributed by atoms with Crippen molar-refractivity contribution >= 4 is 23.4 Å². The largest absolute Gasteiger partial charge is 0.486 e. The number of benzene rings is 2. The normalized spacial score (nSPS) is 12.9. The third-order valence-electron chi connectivity index (χ3n) is 4.80. The van der Waals surface area contributed by atoms with Crippen molar-refractivity contribution in [1.82, 2.24) is 10.6 Å². The minimum Gasteiger partial charge on any atom is -0.486 e. The average molecular weight is 431 g/mol. The number of carbonyl (C=O) groups excluding carboxylic acids is 2. The van der Waals surface area contributed by atoms with E-state index in [2.05, 4.69) is 31.4 Å². The van der Waals surface area contributed by atoms with Gasteiger partial charge in [0.1, 0.15) is 13.2 Å². The van der Waals surface area contributed by atoms with E-state index >= 15 is 0 Å². The first-order chi connectivity index (χ1) is 14.2. The van der Waals surface area contributed by atoms with Crippen LogP contribution in [0, 0.1) is 0 Å². The number of rotatable bonds is 6. The standard InChI is InChI=1S/C23H27ClN2O4/c1-23(2,3)17-6-4-16(5-7-17)22(28)25-9-8-20(27)26-14-15-12-18(24)21-19(13-15)29-10-11-30-21/h4-7,12-13H,8-11,14H2,1-3H3,(H,25,28)(H,26,27). The second-order valence-corrected chi connectivity index (χ2v) is 8.62. The lowest BCUT2D eigenvalue weighted by atomic mass is 9.87. The lowest BCUT2D eigenvalue weighted by Crippen LogP contribution is -2.30. The van der Waals surface area contributed by atoms with Crippen LogP contribution in [0.25, 0.3) is 0 Å². The van der Waals surface area contributed by atoms with Gasteiger partial charge in [0.15, 0.2) is 11.5 Å². The molecule has 0 fully saturated rings. The number of hydrogen-bond acceptors (Lipinski definition) is 4. The zero-order valence-corrected chi connectivity index (χ0v) is 18.3. The van der Waals surface area contributed by atoms with Crippen LogP contribution in [-0.2, 0) is 16.8 Å². The Bertz CT molecular complexity index is 920. The van der Waals surface area contributed by atoms with Gasteiger partial charge in [-0.3, -0.25) is 9.59 Å². The second kappa shape index (κ2) is 9.39. The predicted octanol–water partition coefficient (Wildman–Crippen LogP) is 3.85. The molecule has 0 aromatic heterocycles. The first-order valence-corrected chi connectivity index (χ1v) is 10.4. The van der Waals surface area contributed by atoms with Crippen LogP contribution in [0.2, 0.25) is 5.02 Å². The van der Waals surface area contributed by atoms with Gasteiger partial charge in [-0.1, -0.05) is 44.5 Å². The Morgan fingerprint density at radius 1 is 1.03 bits per heavy atom. The second-order valence-electron chi connectivity index (χ2n) is 8.21. The molecular formula is C23H27ClN2O4. The molecule has 2 amide bonds. The number of fused-ring (bicyclic) bond motifs is 1. The lowest BCUT2D eigenvalue weighted by Gasteiger charge is -2.20. The van der Waals surface area contributed by atoms with E-state index in [1.807, 2.05) is 30.3 Å². The van der Waals surface area contributed by atoms with Gasteiger partial charge in [0.2, 0.25) is 5.91 Å². The summed E-state index contributed by atoms with van der Waals surface area (Å²) in [5.74, 6) is 0.769. The van der Waals surface area contributed by atoms with Crippen LogP contribution in [0.1, 0.15) is 48.7 Å². The molecular weight excluding hydrogens is 404 g/mol. The number of ether oxygens (including phenoxy) is 2. The van der Waals surface area contributed by atoms with E-state index in [1.54, 1.807) is 6.07 Å². The van der Waals surface area contributed by atoms with Crippen molar-refractivity contribution in [1.29, 1.82) is 0 Å². The molecule has 2 N–H and O–H groups in total. The maximum absolute atomic E-state index is 12.3. The highest BCUT2D eigenvalue weighted by Crippen LogP contribution is 2.38. The van der Waals surface area contributed by atoms with E-state index in [0.29, 0.717) is 41.8 Å².